The monoisotopic (exact) mass is 407 g/mol. The van der Waals surface area contributed by atoms with E-state index < -0.39 is 0 Å². The predicted molar refractivity (Wildman–Crippen MR) is 116 cm³/mol. The van der Waals surface area contributed by atoms with Crippen LogP contribution in [0.2, 0.25) is 0 Å². The van der Waals surface area contributed by atoms with Crippen LogP contribution in [-0.4, -0.2) is 14.8 Å². The number of benzene rings is 1. The quantitative estimate of drug-likeness (QED) is 0.338. The van der Waals surface area contributed by atoms with Crippen molar-refractivity contribution >= 4 is 33.3 Å². The van der Waals surface area contributed by atoms with Gasteiger partial charge < -0.3 is 0 Å². The van der Waals surface area contributed by atoms with E-state index in [4.69, 9.17) is 4.98 Å². The van der Waals surface area contributed by atoms with E-state index in [2.05, 4.69) is 36.9 Å². The second-order valence-electron chi connectivity index (χ2n) is 7.06. The van der Waals surface area contributed by atoms with Crippen molar-refractivity contribution in [2.24, 2.45) is 0 Å². The minimum atomic E-state index is -0.310. The van der Waals surface area contributed by atoms with Crippen molar-refractivity contribution < 1.29 is 0 Å². The fraction of sp³-hybridized carbons (Fsp3) is 0.318. The summed E-state index contributed by atoms with van der Waals surface area (Å²) in [5, 5.41) is 10.8. The van der Waals surface area contributed by atoms with Crippen LogP contribution >= 0.6 is 23.1 Å². The first-order chi connectivity index (χ1) is 13.6. The number of nitriles is 1. The van der Waals surface area contributed by atoms with Crippen molar-refractivity contribution in [1.82, 2.24) is 9.55 Å². The van der Waals surface area contributed by atoms with E-state index in [0.717, 1.165) is 35.0 Å². The molecule has 0 spiro atoms. The summed E-state index contributed by atoms with van der Waals surface area (Å²) in [6.07, 6.45) is 5.44. The van der Waals surface area contributed by atoms with E-state index in [-0.39, 0.29) is 10.8 Å². The first-order valence-electron chi connectivity index (χ1n) is 9.38. The molecule has 1 aliphatic rings. The highest BCUT2D eigenvalue weighted by atomic mass is 32.2. The number of aromatic nitrogens is 2. The molecule has 0 aliphatic heterocycles. The van der Waals surface area contributed by atoms with Crippen molar-refractivity contribution in [3.05, 3.63) is 68.8 Å². The van der Waals surface area contributed by atoms with E-state index in [1.54, 1.807) is 22.0 Å². The normalized spacial score (nSPS) is 14.0. The van der Waals surface area contributed by atoms with Gasteiger partial charge in [-0.3, -0.25) is 9.36 Å². The van der Waals surface area contributed by atoms with Gasteiger partial charge in [-0.25, -0.2) is 4.98 Å². The highest BCUT2D eigenvalue weighted by Gasteiger charge is 2.24. The van der Waals surface area contributed by atoms with Gasteiger partial charge in [-0.15, -0.1) is 17.9 Å². The fourth-order valence-corrected chi connectivity index (χ4v) is 5.94. The maximum absolute atomic E-state index is 13.2. The molecule has 0 unspecified atom stereocenters. The molecule has 0 saturated carbocycles. The Kier molecular flexibility index (Phi) is 5.38. The van der Waals surface area contributed by atoms with Gasteiger partial charge in [0.05, 0.1) is 11.5 Å². The summed E-state index contributed by atoms with van der Waals surface area (Å²) in [6.45, 7) is 6.24. The highest BCUT2D eigenvalue weighted by molar-refractivity contribution is 8.00. The zero-order valence-electron chi connectivity index (χ0n) is 15.8. The highest BCUT2D eigenvalue weighted by Crippen LogP contribution is 2.36. The molecule has 1 atom stereocenters. The summed E-state index contributed by atoms with van der Waals surface area (Å²) < 4.78 is 1.67. The van der Waals surface area contributed by atoms with E-state index in [1.165, 1.54) is 27.8 Å². The molecular formula is C22H21N3OS2. The van der Waals surface area contributed by atoms with Crippen LogP contribution in [0.5, 0.6) is 0 Å². The Hall–Kier alpha value is -2.36. The lowest BCUT2D eigenvalue weighted by Gasteiger charge is -2.13. The molecule has 0 radical (unpaired) electrons. The van der Waals surface area contributed by atoms with E-state index >= 15 is 0 Å². The first-order valence-corrected chi connectivity index (χ1v) is 11.1. The van der Waals surface area contributed by atoms with Crippen LogP contribution in [0.25, 0.3) is 10.2 Å². The summed E-state index contributed by atoms with van der Waals surface area (Å²) in [5.74, 6) is 0. The first kappa shape index (κ1) is 19.0. The van der Waals surface area contributed by atoms with Gasteiger partial charge in [0.2, 0.25) is 0 Å². The van der Waals surface area contributed by atoms with Gasteiger partial charge >= 0.3 is 0 Å². The van der Waals surface area contributed by atoms with Crippen LogP contribution in [0.3, 0.4) is 0 Å². The van der Waals surface area contributed by atoms with E-state index in [0.29, 0.717) is 18.1 Å². The van der Waals surface area contributed by atoms with Gasteiger partial charge in [0.1, 0.15) is 10.1 Å². The Morgan fingerprint density at radius 2 is 2.18 bits per heavy atom. The van der Waals surface area contributed by atoms with Crippen LogP contribution in [0.1, 0.15) is 28.0 Å². The number of hydrogen-bond acceptors (Lipinski definition) is 5. The summed E-state index contributed by atoms with van der Waals surface area (Å²) >= 11 is 3.01. The lowest BCUT2D eigenvalue weighted by Crippen LogP contribution is -2.23. The lowest BCUT2D eigenvalue weighted by molar-refractivity contribution is 0.671. The third-order valence-electron chi connectivity index (χ3n) is 5.03. The van der Waals surface area contributed by atoms with Crippen molar-refractivity contribution in [3.8, 4) is 6.07 Å². The zero-order chi connectivity index (χ0) is 19.7. The Morgan fingerprint density at radius 1 is 1.39 bits per heavy atom. The molecule has 2 aromatic heterocycles. The van der Waals surface area contributed by atoms with Crippen LogP contribution in [0.15, 0.2) is 46.9 Å². The average Bonchev–Trinajstić information content (AvgIpc) is 3.26. The second kappa shape index (κ2) is 7.94. The predicted octanol–water partition coefficient (Wildman–Crippen LogP) is 4.67. The molecule has 6 heteroatoms. The molecular weight excluding hydrogens is 386 g/mol. The average molecular weight is 408 g/mol. The molecule has 0 N–H and O–H groups in total. The van der Waals surface area contributed by atoms with Gasteiger partial charge in [0.25, 0.3) is 5.56 Å². The molecule has 4 nitrogen and oxygen atoms in total. The van der Waals surface area contributed by atoms with Gasteiger partial charge in [0, 0.05) is 11.4 Å². The number of thiophene rings is 1. The van der Waals surface area contributed by atoms with Gasteiger partial charge in [-0.1, -0.05) is 47.7 Å². The SMILES string of the molecule is C=CCn1c(S[C@@H](C#N)Cc2ccc(C)cc2)nc2sc3c(c2c1=O)CCC3. The fourth-order valence-electron chi connectivity index (χ4n) is 3.62. The maximum Gasteiger partial charge on any atom is 0.263 e. The molecule has 1 aromatic carbocycles. The molecule has 28 heavy (non-hydrogen) atoms. The number of thioether (sulfide) groups is 1. The van der Waals surface area contributed by atoms with Gasteiger partial charge in [-0.05, 0) is 43.7 Å². The van der Waals surface area contributed by atoms with Crippen molar-refractivity contribution in [1.29, 1.82) is 5.26 Å². The van der Waals surface area contributed by atoms with Crippen LogP contribution in [0.4, 0.5) is 0 Å². The molecule has 0 bridgehead atoms. The number of nitrogens with zero attached hydrogens (tertiary/aromatic N) is 3. The summed E-state index contributed by atoms with van der Waals surface area (Å²) in [5.41, 5.74) is 3.49. The number of allylic oxidation sites excluding steroid dienone is 1. The van der Waals surface area contributed by atoms with Gasteiger partial charge in [-0.2, -0.15) is 5.26 Å². The summed E-state index contributed by atoms with van der Waals surface area (Å²) in [7, 11) is 0. The Bertz CT molecular complexity index is 1140. The second-order valence-corrected chi connectivity index (χ2v) is 9.32. The third-order valence-corrected chi connectivity index (χ3v) is 7.30. The molecule has 2 heterocycles. The number of hydrogen-bond donors (Lipinski definition) is 0. The maximum atomic E-state index is 13.2. The van der Waals surface area contributed by atoms with Crippen molar-refractivity contribution in [2.75, 3.05) is 0 Å². The standard InChI is InChI=1S/C22H21N3OS2/c1-3-11-25-21(26)19-17-5-4-6-18(17)28-20(19)24-22(25)27-16(13-23)12-15-9-7-14(2)8-10-15/h3,7-10,16H,1,4-6,11-12H2,2H3/t16-/m1/s1. The zero-order valence-corrected chi connectivity index (χ0v) is 17.4. The Labute approximate surface area is 172 Å². The number of aryl methyl sites for hydroxylation is 3. The molecule has 0 saturated heterocycles. The van der Waals surface area contributed by atoms with Crippen LogP contribution < -0.4 is 5.56 Å². The van der Waals surface area contributed by atoms with E-state index in [1.807, 2.05) is 6.92 Å². The molecule has 1 aliphatic carbocycles. The van der Waals surface area contributed by atoms with E-state index in [9.17, 15) is 10.1 Å². The Morgan fingerprint density at radius 3 is 2.89 bits per heavy atom. The lowest BCUT2D eigenvalue weighted by atomic mass is 10.1. The molecule has 4 rings (SSSR count). The van der Waals surface area contributed by atoms with Crippen LogP contribution in [-0.2, 0) is 25.8 Å². The minimum Gasteiger partial charge on any atom is -0.283 e. The number of fused-ring (bicyclic) bond motifs is 3. The topological polar surface area (TPSA) is 58.7 Å². The van der Waals surface area contributed by atoms with Crippen molar-refractivity contribution in [2.45, 2.75) is 49.6 Å². The largest absolute Gasteiger partial charge is 0.283 e. The van der Waals surface area contributed by atoms with Crippen molar-refractivity contribution in [3.63, 3.8) is 0 Å². The summed E-state index contributed by atoms with van der Waals surface area (Å²) in [4.78, 5) is 20.1. The third kappa shape index (κ3) is 3.52. The minimum absolute atomic E-state index is 0.00109. The van der Waals surface area contributed by atoms with Gasteiger partial charge in [0.15, 0.2) is 5.16 Å². The molecule has 0 amide bonds. The molecule has 142 valence electrons. The molecule has 0 fully saturated rings. The number of rotatable bonds is 6. The Balaban J connectivity index is 1.71. The summed E-state index contributed by atoms with van der Waals surface area (Å²) in [6, 6.07) is 10.6. The smallest absolute Gasteiger partial charge is 0.263 e. The molecule has 3 aromatic rings. The van der Waals surface area contributed by atoms with Crippen LogP contribution in [0, 0.1) is 18.3 Å².